The Labute approximate surface area is 82.5 Å². The molecule has 0 saturated heterocycles. The Morgan fingerprint density at radius 1 is 1.31 bits per heavy atom. The van der Waals surface area contributed by atoms with Crippen LogP contribution in [0, 0.1) is 0 Å². The van der Waals surface area contributed by atoms with Gasteiger partial charge in [0.1, 0.15) is 0 Å². The van der Waals surface area contributed by atoms with Gasteiger partial charge >= 0.3 is 0 Å². The van der Waals surface area contributed by atoms with Crippen LogP contribution in [0.1, 0.15) is 18.9 Å². The summed E-state index contributed by atoms with van der Waals surface area (Å²) in [6.07, 6.45) is 5.47. The van der Waals surface area contributed by atoms with Crippen molar-refractivity contribution >= 4 is 27.5 Å². The monoisotopic (exact) mass is 188 g/mol. The van der Waals surface area contributed by atoms with Crippen LogP contribution in [-0.4, -0.2) is 0 Å². The molecule has 0 aliphatic carbocycles. The molecule has 1 aromatic heterocycles. The SMILES string of the molecule is CCC=Cc1ccc2ccsc2c1. The van der Waals surface area contributed by atoms with Crippen molar-refractivity contribution in [3.05, 3.63) is 41.3 Å². The van der Waals surface area contributed by atoms with Crippen molar-refractivity contribution in [1.29, 1.82) is 0 Å². The third-order valence-electron chi connectivity index (χ3n) is 2.03. The number of rotatable bonds is 2. The van der Waals surface area contributed by atoms with Crippen LogP contribution in [0.15, 0.2) is 35.7 Å². The topological polar surface area (TPSA) is 0 Å². The fraction of sp³-hybridized carbons (Fsp3) is 0.167. The standard InChI is InChI=1S/C12H12S/c1-2-3-4-10-5-6-11-7-8-13-12(11)9-10/h3-9H,2H2,1H3. The minimum absolute atomic E-state index is 1.10. The summed E-state index contributed by atoms with van der Waals surface area (Å²) >= 11 is 1.80. The predicted octanol–water partition coefficient (Wildman–Crippen LogP) is 4.32. The molecule has 2 aromatic rings. The maximum absolute atomic E-state index is 2.24. The first kappa shape index (κ1) is 8.52. The van der Waals surface area contributed by atoms with Gasteiger partial charge in [0.2, 0.25) is 0 Å². The summed E-state index contributed by atoms with van der Waals surface area (Å²) in [5.74, 6) is 0. The summed E-state index contributed by atoms with van der Waals surface area (Å²) in [5.41, 5.74) is 1.30. The second-order valence-corrected chi connectivity index (χ2v) is 3.98. The van der Waals surface area contributed by atoms with E-state index in [-0.39, 0.29) is 0 Å². The van der Waals surface area contributed by atoms with E-state index < -0.39 is 0 Å². The molecule has 13 heavy (non-hydrogen) atoms. The van der Waals surface area contributed by atoms with Crippen molar-refractivity contribution in [2.45, 2.75) is 13.3 Å². The molecule has 0 aliphatic rings. The molecule has 0 amide bonds. The molecule has 0 bridgehead atoms. The van der Waals surface area contributed by atoms with E-state index in [1.807, 2.05) is 0 Å². The van der Waals surface area contributed by atoms with Crippen LogP contribution >= 0.6 is 11.3 Å². The quantitative estimate of drug-likeness (QED) is 0.658. The summed E-state index contributed by atoms with van der Waals surface area (Å²) in [6, 6.07) is 8.75. The van der Waals surface area contributed by atoms with Crippen LogP contribution in [0.5, 0.6) is 0 Å². The molecule has 0 N–H and O–H groups in total. The Balaban J connectivity index is 2.42. The minimum Gasteiger partial charge on any atom is -0.144 e. The third kappa shape index (κ3) is 1.81. The Hall–Kier alpha value is -1.08. The first-order valence-electron chi connectivity index (χ1n) is 4.54. The van der Waals surface area contributed by atoms with E-state index in [1.54, 1.807) is 11.3 Å². The van der Waals surface area contributed by atoms with Crippen LogP contribution < -0.4 is 0 Å². The summed E-state index contributed by atoms with van der Waals surface area (Å²) in [7, 11) is 0. The second kappa shape index (κ2) is 3.75. The molecule has 1 heterocycles. The highest BCUT2D eigenvalue weighted by Gasteiger charge is 1.93. The molecular weight excluding hydrogens is 176 g/mol. The maximum atomic E-state index is 2.24. The molecule has 66 valence electrons. The number of benzene rings is 1. The Morgan fingerprint density at radius 2 is 2.23 bits per heavy atom. The summed E-state index contributed by atoms with van der Waals surface area (Å²) in [4.78, 5) is 0. The van der Waals surface area contributed by atoms with Crippen LogP contribution in [0.3, 0.4) is 0 Å². The van der Waals surface area contributed by atoms with Crippen molar-refractivity contribution in [2.24, 2.45) is 0 Å². The highest BCUT2D eigenvalue weighted by Crippen LogP contribution is 2.22. The number of hydrogen-bond donors (Lipinski definition) is 0. The van der Waals surface area contributed by atoms with Gasteiger partial charge in [0.05, 0.1) is 0 Å². The largest absolute Gasteiger partial charge is 0.144 e. The first-order valence-corrected chi connectivity index (χ1v) is 5.42. The number of hydrogen-bond acceptors (Lipinski definition) is 1. The summed E-state index contributed by atoms with van der Waals surface area (Å²) < 4.78 is 1.37. The molecule has 0 saturated carbocycles. The zero-order valence-electron chi connectivity index (χ0n) is 7.66. The molecule has 1 aromatic carbocycles. The smallest absolute Gasteiger partial charge is 0.0348 e. The number of thiophene rings is 1. The van der Waals surface area contributed by atoms with E-state index in [4.69, 9.17) is 0 Å². The van der Waals surface area contributed by atoms with Crippen molar-refractivity contribution in [3.8, 4) is 0 Å². The normalized spacial score (nSPS) is 11.5. The summed E-state index contributed by atoms with van der Waals surface area (Å²) in [5, 5.41) is 3.48. The minimum atomic E-state index is 1.10. The van der Waals surface area contributed by atoms with Crippen molar-refractivity contribution in [1.82, 2.24) is 0 Å². The van der Waals surface area contributed by atoms with Crippen LogP contribution in [0.4, 0.5) is 0 Å². The first-order chi connectivity index (χ1) is 6.40. The van der Waals surface area contributed by atoms with Crippen LogP contribution in [0.2, 0.25) is 0 Å². The van der Waals surface area contributed by atoms with Gasteiger partial charge < -0.3 is 0 Å². The molecule has 0 nitrogen and oxygen atoms in total. The van der Waals surface area contributed by atoms with Gasteiger partial charge in [0.15, 0.2) is 0 Å². The number of fused-ring (bicyclic) bond motifs is 1. The lowest BCUT2D eigenvalue weighted by Crippen LogP contribution is -1.69. The fourth-order valence-electron chi connectivity index (χ4n) is 1.33. The number of allylic oxidation sites excluding steroid dienone is 1. The molecule has 0 unspecified atom stereocenters. The predicted molar refractivity (Wildman–Crippen MR) is 61.2 cm³/mol. The van der Waals surface area contributed by atoms with Gasteiger partial charge in [-0.25, -0.2) is 0 Å². The van der Waals surface area contributed by atoms with Gasteiger partial charge in [0, 0.05) is 4.70 Å². The van der Waals surface area contributed by atoms with E-state index in [9.17, 15) is 0 Å². The van der Waals surface area contributed by atoms with Gasteiger partial charge in [-0.15, -0.1) is 11.3 Å². The third-order valence-corrected chi connectivity index (χ3v) is 2.91. The highest BCUT2D eigenvalue weighted by molar-refractivity contribution is 7.17. The second-order valence-electron chi connectivity index (χ2n) is 3.03. The van der Waals surface area contributed by atoms with Crippen LogP contribution in [-0.2, 0) is 0 Å². The van der Waals surface area contributed by atoms with Gasteiger partial charge in [0.25, 0.3) is 0 Å². The zero-order chi connectivity index (χ0) is 9.10. The average molecular weight is 188 g/mol. The van der Waals surface area contributed by atoms with Gasteiger partial charge in [-0.05, 0) is 34.9 Å². The van der Waals surface area contributed by atoms with Crippen molar-refractivity contribution in [2.75, 3.05) is 0 Å². The lowest BCUT2D eigenvalue weighted by Gasteiger charge is -1.93. The Bertz CT molecular complexity index is 423. The van der Waals surface area contributed by atoms with E-state index in [1.165, 1.54) is 15.6 Å². The summed E-state index contributed by atoms with van der Waals surface area (Å²) in [6.45, 7) is 2.15. The van der Waals surface area contributed by atoms with Crippen molar-refractivity contribution in [3.63, 3.8) is 0 Å². The van der Waals surface area contributed by atoms with Gasteiger partial charge in [-0.3, -0.25) is 0 Å². The molecular formula is C12H12S. The van der Waals surface area contributed by atoms with Gasteiger partial charge in [-0.1, -0.05) is 31.2 Å². The zero-order valence-corrected chi connectivity index (χ0v) is 8.47. The van der Waals surface area contributed by atoms with E-state index in [0.29, 0.717) is 0 Å². The molecule has 1 heteroatoms. The molecule has 0 spiro atoms. The lowest BCUT2D eigenvalue weighted by molar-refractivity contribution is 1.23. The van der Waals surface area contributed by atoms with E-state index in [2.05, 4.69) is 48.7 Å². The molecule has 0 radical (unpaired) electrons. The highest BCUT2D eigenvalue weighted by atomic mass is 32.1. The van der Waals surface area contributed by atoms with Crippen molar-refractivity contribution < 1.29 is 0 Å². The van der Waals surface area contributed by atoms with E-state index >= 15 is 0 Å². The Kier molecular flexibility index (Phi) is 2.46. The fourth-order valence-corrected chi connectivity index (χ4v) is 2.17. The molecule has 0 atom stereocenters. The van der Waals surface area contributed by atoms with E-state index in [0.717, 1.165) is 6.42 Å². The Morgan fingerprint density at radius 3 is 3.08 bits per heavy atom. The molecule has 0 aliphatic heterocycles. The maximum Gasteiger partial charge on any atom is 0.0348 e. The van der Waals surface area contributed by atoms with Gasteiger partial charge in [-0.2, -0.15) is 0 Å². The molecule has 2 rings (SSSR count). The lowest BCUT2D eigenvalue weighted by atomic mass is 10.1. The average Bonchev–Trinajstić information content (AvgIpc) is 2.61. The van der Waals surface area contributed by atoms with Crippen LogP contribution in [0.25, 0.3) is 16.2 Å². The molecule has 0 fully saturated rings.